The number of phenolic OH excluding ortho intramolecular Hbond substituents is 1. The van der Waals surface area contributed by atoms with E-state index >= 15 is 0 Å². The smallest absolute Gasteiger partial charge is 0.250 e. The number of aromatic hydroxyl groups is 1. The summed E-state index contributed by atoms with van der Waals surface area (Å²) in [6.45, 7) is 1.89. The molecule has 0 spiro atoms. The summed E-state index contributed by atoms with van der Waals surface area (Å²) in [6.07, 6.45) is 3.26. The lowest BCUT2D eigenvalue weighted by Crippen LogP contribution is -2.19. The highest BCUT2D eigenvalue weighted by atomic mass is 32.2. The lowest BCUT2D eigenvalue weighted by molar-refractivity contribution is -0.118. The summed E-state index contributed by atoms with van der Waals surface area (Å²) in [7, 11) is 1.46. The van der Waals surface area contributed by atoms with Crippen molar-refractivity contribution in [1.29, 1.82) is 0 Å². The number of aromatic nitrogens is 2. The standard InChI is InChI=1S/C16H18N4O3S2/c1-10-7-14(19-16(18-10)24-3)25-9-13(21)20-17-8-11-5-4-6-12(23-2)15(11)22/h4-8,22H,9H2,1-3H3,(H,20,21)/b17-8+. The normalized spacial score (nSPS) is 10.8. The molecule has 0 atom stereocenters. The van der Waals surface area contributed by atoms with Gasteiger partial charge in [0.15, 0.2) is 16.7 Å². The van der Waals surface area contributed by atoms with E-state index in [0.717, 1.165) is 10.7 Å². The first kappa shape index (κ1) is 19.1. The van der Waals surface area contributed by atoms with Crippen LogP contribution in [0.1, 0.15) is 11.3 Å². The Kier molecular flexibility index (Phi) is 7.08. The number of benzene rings is 1. The van der Waals surface area contributed by atoms with Crippen molar-refractivity contribution in [2.45, 2.75) is 17.1 Å². The van der Waals surface area contributed by atoms with Crippen LogP contribution in [-0.4, -0.2) is 46.3 Å². The molecule has 0 radical (unpaired) electrons. The number of ether oxygens (including phenoxy) is 1. The second-order valence-electron chi connectivity index (χ2n) is 4.81. The molecule has 1 aromatic heterocycles. The Labute approximate surface area is 154 Å². The molecule has 25 heavy (non-hydrogen) atoms. The average Bonchev–Trinajstić information content (AvgIpc) is 2.61. The molecule has 132 valence electrons. The Hall–Kier alpha value is -2.26. The fourth-order valence-corrected chi connectivity index (χ4v) is 3.06. The van der Waals surface area contributed by atoms with Crippen molar-refractivity contribution in [1.82, 2.24) is 15.4 Å². The van der Waals surface area contributed by atoms with E-state index < -0.39 is 0 Å². The second-order valence-corrected chi connectivity index (χ2v) is 6.58. The van der Waals surface area contributed by atoms with Gasteiger partial charge in [0.25, 0.3) is 0 Å². The molecule has 1 aromatic carbocycles. The Morgan fingerprint density at radius 2 is 2.24 bits per heavy atom. The summed E-state index contributed by atoms with van der Waals surface area (Å²) in [5.74, 6) is 0.213. The number of carbonyl (C=O) groups excluding carboxylic acids is 1. The molecule has 0 aliphatic carbocycles. The van der Waals surface area contributed by atoms with Gasteiger partial charge in [-0.2, -0.15) is 5.10 Å². The zero-order valence-electron chi connectivity index (χ0n) is 14.0. The van der Waals surface area contributed by atoms with Crippen LogP contribution in [0.5, 0.6) is 11.5 Å². The number of para-hydroxylation sites is 1. The first-order valence-electron chi connectivity index (χ1n) is 7.24. The summed E-state index contributed by atoms with van der Waals surface area (Å²) < 4.78 is 5.01. The number of nitrogens with zero attached hydrogens (tertiary/aromatic N) is 3. The van der Waals surface area contributed by atoms with E-state index in [9.17, 15) is 9.90 Å². The van der Waals surface area contributed by atoms with Gasteiger partial charge in [-0.1, -0.05) is 29.6 Å². The van der Waals surface area contributed by atoms with Gasteiger partial charge in [0, 0.05) is 11.3 Å². The van der Waals surface area contributed by atoms with Gasteiger partial charge in [-0.15, -0.1) is 0 Å². The molecule has 0 aliphatic rings. The highest BCUT2D eigenvalue weighted by Crippen LogP contribution is 2.27. The molecule has 1 heterocycles. The number of carbonyl (C=O) groups is 1. The highest BCUT2D eigenvalue weighted by Gasteiger charge is 2.07. The summed E-state index contributed by atoms with van der Waals surface area (Å²) in [5, 5.41) is 15.2. The van der Waals surface area contributed by atoms with E-state index in [4.69, 9.17) is 4.74 Å². The second kappa shape index (κ2) is 9.28. The zero-order valence-corrected chi connectivity index (χ0v) is 15.6. The van der Waals surface area contributed by atoms with Gasteiger partial charge in [0.2, 0.25) is 5.91 Å². The third kappa shape index (κ3) is 5.64. The molecule has 9 heteroatoms. The van der Waals surface area contributed by atoms with Crippen molar-refractivity contribution < 1.29 is 14.6 Å². The van der Waals surface area contributed by atoms with Gasteiger partial charge in [-0.25, -0.2) is 15.4 Å². The van der Waals surface area contributed by atoms with E-state index in [2.05, 4.69) is 20.5 Å². The fourth-order valence-electron chi connectivity index (χ4n) is 1.83. The maximum Gasteiger partial charge on any atom is 0.250 e. The molecular weight excluding hydrogens is 360 g/mol. The molecule has 2 aromatic rings. The summed E-state index contributed by atoms with van der Waals surface area (Å²) in [4.78, 5) is 20.5. The molecule has 0 bridgehead atoms. The van der Waals surface area contributed by atoms with Crippen molar-refractivity contribution >= 4 is 35.6 Å². The highest BCUT2D eigenvalue weighted by molar-refractivity contribution is 8.00. The van der Waals surface area contributed by atoms with Crippen LogP contribution in [0.25, 0.3) is 0 Å². The quantitative estimate of drug-likeness (QED) is 0.251. The maximum absolute atomic E-state index is 11.9. The minimum absolute atomic E-state index is 0.0292. The van der Waals surface area contributed by atoms with Gasteiger partial charge in [-0.05, 0) is 31.4 Å². The molecule has 2 N–H and O–H groups in total. The number of hydrogen-bond donors (Lipinski definition) is 2. The molecule has 0 saturated carbocycles. The minimum Gasteiger partial charge on any atom is -0.504 e. The number of hydrogen-bond acceptors (Lipinski definition) is 8. The average molecular weight is 378 g/mol. The van der Waals surface area contributed by atoms with Crippen LogP contribution in [0.15, 0.2) is 39.5 Å². The Bertz CT molecular complexity index is 784. The largest absolute Gasteiger partial charge is 0.504 e. The Morgan fingerprint density at radius 1 is 1.44 bits per heavy atom. The molecule has 2 rings (SSSR count). The van der Waals surface area contributed by atoms with Crippen LogP contribution in [0.3, 0.4) is 0 Å². The van der Waals surface area contributed by atoms with Crippen LogP contribution in [0, 0.1) is 6.92 Å². The van der Waals surface area contributed by atoms with Gasteiger partial charge >= 0.3 is 0 Å². The van der Waals surface area contributed by atoms with Gasteiger partial charge < -0.3 is 9.84 Å². The predicted molar refractivity (Wildman–Crippen MR) is 99.7 cm³/mol. The number of rotatable bonds is 7. The summed E-state index contributed by atoms with van der Waals surface area (Å²) >= 11 is 2.76. The Morgan fingerprint density at radius 3 is 2.96 bits per heavy atom. The monoisotopic (exact) mass is 378 g/mol. The van der Waals surface area contributed by atoms with E-state index in [1.807, 2.05) is 19.2 Å². The number of amides is 1. The SMILES string of the molecule is COc1cccc(/C=N/NC(=O)CSc2cc(C)nc(SC)n2)c1O. The lowest BCUT2D eigenvalue weighted by atomic mass is 10.2. The number of aryl methyl sites for hydroxylation is 1. The predicted octanol–water partition coefficient (Wildman–Crippen LogP) is 2.46. The molecule has 0 unspecified atom stereocenters. The van der Waals surface area contributed by atoms with Crippen molar-refractivity contribution in [3.8, 4) is 11.5 Å². The summed E-state index contributed by atoms with van der Waals surface area (Å²) in [6, 6.07) is 6.85. The van der Waals surface area contributed by atoms with E-state index in [1.165, 1.54) is 36.8 Å². The first-order chi connectivity index (χ1) is 12.0. The molecule has 0 saturated heterocycles. The molecule has 7 nitrogen and oxygen atoms in total. The topological polar surface area (TPSA) is 96.7 Å². The van der Waals surface area contributed by atoms with E-state index in [0.29, 0.717) is 16.5 Å². The maximum atomic E-state index is 11.9. The van der Waals surface area contributed by atoms with Gasteiger partial charge in [0.05, 0.1) is 19.1 Å². The lowest BCUT2D eigenvalue weighted by Gasteiger charge is -2.05. The van der Waals surface area contributed by atoms with Crippen LogP contribution >= 0.6 is 23.5 Å². The third-order valence-electron chi connectivity index (χ3n) is 2.99. The molecule has 0 aliphatic heterocycles. The van der Waals surface area contributed by atoms with Crippen molar-refractivity contribution in [2.24, 2.45) is 5.10 Å². The fraction of sp³-hybridized carbons (Fsp3) is 0.250. The van der Waals surface area contributed by atoms with Crippen LogP contribution in [-0.2, 0) is 4.79 Å². The summed E-state index contributed by atoms with van der Waals surface area (Å²) in [5.41, 5.74) is 3.72. The number of phenols is 1. The van der Waals surface area contributed by atoms with Gasteiger partial charge in [-0.3, -0.25) is 4.79 Å². The van der Waals surface area contributed by atoms with Crippen LogP contribution < -0.4 is 10.2 Å². The van der Waals surface area contributed by atoms with Crippen molar-refractivity contribution in [3.63, 3.8) is 0 Å². The van der Waals surface area contributed by atoms with Gasteiger partial charge in [0.1, 0.15) is 5.03 Å². The minimum atomic E-state index is -0.273. The number of nitrogens with one attached hydrogen (secondary N) is 1. The van der Waals surface area contributed by atoms with E-state index in [-0.39, 0.29) is 17.4 Å². The molecular formula is C16H18N4O3S2. The third-order valence-corrected chi connectivity index (χ3v) is 4.45. The first-order valence-corrected chi connectivity index (χ1v) is 9.45. The number of thioether (sulfide) groups is 2. The van der Waals surface area contributed by atoms with Crippen molar-refractivity contribution in [3.05, 3.63) is 35.5 Å². The molecule has 0 fully saturated rings. The Balaban J connectivity index is 1.90. The van der Waals surface area contributed by atoms with Crippen LogP contribution in [0.4, 0.5) is 0 Å². The zero-order chi connectivity index (χ0) is 18.2. The van der Waals surface area contributed by atoms with E-state index in [1.54, 1.807) is 18.2 Å². The van der Waals surface area contributed by atoms with Crippen molar-refractivity contribution in [2.75, 3.05) is 19.1 Å². The number of hydrazone groups is 1. The number of methoxy groups -OCH3 is 1. The van der Waals surface area contributed by atoms with Crippen LogP contribution in [0.2, 0.25) is 0 Å². The molecule has 1 amide bonds.